The molecule has 6 nitrogen and oxygen atoms in total. The minimum Gasteiger partial charge on any atom is -0.450 e. The van der Waals surface area contributed by atoms with Crippen molar-refractivity contribution in [2.24, 2.45) is 28.6 Å². The van der Waals surface area contributed by atoms with E-state index in [-0.39, 0.29) is 24.5 Å². The fourth-order valence-corrected chi connectivity index (χ4v) is 8.07. The molecule has 0 unspecified atom stereocenters. The molecule has 3 saturated carbocycles. The zero-order chi connectivity index (χ0) is 25.1. The van der Waals surface area contributed by atoms with E-state index in [1.807, 2.05) is 20.8 Å². The van der Waals surface area contributed by atoms with Crippen LogP contribution in [0.5, 0.6) is 0 Å². The van der Waals surface area contributed by atoms with Gasteiger partial charge >= 0.3 is 5.97 Å². The summed E-state index contributed by atoms with van der Waals surface area (Å²) in [5, 5.41) is 21.4. The number of hydrogen-bond donors (Lipinski definition) is 2. The van der Waals surface area contributed by atoms with Crippen LogP contribution in [-0.2, 0) is 19.1 Å². The molecule has 3 fully saturated rings. The van der Waals surface area contributed by atoms with Crippen LogP contribution in [0.25, 0.3) is 0 Å². The summed E-state index contributed by atoms with van der Waals surface area (Å²) in [6.45, 7) is 6.55. The SMILES string of the molecule is CCCCC(=O)O[C@]1(C(=O)CO)[C@H](C)C[C@@H]2[C@@H]3CCC4=CC(=O)C=C[C@]4(C)[C@@]3(F)[C@H](O)C[C@]21C. The minimum absolute atomic E-state index is 0.0769. The summed E-state index contributed by atoms with van der Waals surface area (Å²) in [5.41, 5.74) is -5.11. The lowest BCUT2D eigenvalue weighted by Gasteiger charge is -2.62. The summed E-state index contributed by atoms with van der Waals surface area (Å²) in [7, 11) is 0. The summed E-state index contributed by atoms with van der Waals surface area (Å²) in [6.07, 6.45) is 5.92. The van der Waals surface area contributed by atoms with Crippen LogP contribution >= 0.6 is 0 Å². The molecule has 7 heteroatoms. The highest BCUT2D eigenvalue weighted by Gasteiger charge is 2.77. The molecule has 0 aromatic heterocycles. The number of carbonyl (C=O) groups is 3. The fourth-order valence-electron chi connectivity index (χ4n) is 8.07. The predicted octanol–water partition coefficient (Wildman–Crippen LogP) is 3.64. The molecule has 0 aromatic rings. The molecular formula is C27H37FO6. The first-order valence-electron chi connectivity index (χ1n) is 12.6. The van der Waals surface area contributed by atoms with E-state index < -0.39 is 58.4 Å². The molecule has 34 heavy (non-hydrogen) atoms. The van der Waals surface area contributed by atoms with Crippen LogP contribution in [0.15, 0.2) is 23.8 Å². The monoisotopic (exact) mass is 476 g/mol. The second-order valence-electron chi connectivity index (χ2n) is 11.3. The number of unbranched alkanes of at least 4 members (excludes halogenated alkanes) is 1. The molecule has 4 aliphatic carbocycles. The third-order valence-corrected chi connectivity index (χ3v) is 9.75. The Bertz CT molecular complexity index is 957. The summed E-state index contributed by atoms with van der Waals surface area (Å²) in [4.78, 5) is 38.1. The van der Waals surface area contributed by atoms with Crippen molar-refractivity contribution in [2.45, 2.75) is 90.0 Å². The molecule has 8 atom stereocenters. The van der Waals surface area contributed by atoms with E-state index in [0.29, 0.717) is 31.3 Å². The summed E-state index contributed by atoms with van der Waals surface area (Å²) >= 11 is 0. The molecule has 0 aromatic carbocycles. The maximum atomic E-state index is 17.3. The zero-order valence-corrected chi connectivity index (χ0v) is 20.6. The standard InChI is InChI=1S/C27H37FO6/c1-5-6-7-23(33)34-27(22(32)15-29)16(2)12-20-19-9-8-17-13-18(30)10-11-24(17,3)26(19,28)21(31)14-25(20,27)4/h10-11,13,16,19-21,29,31H,5-9,12,14-15H2,1-4H3/t16-,19+,20-,21-,24+,25-,26+,27+/m1/s1. The maximum Gasteiger partial charge on any atom is 0.306 e. The number of ether oxygens (including phenoxy) is 1. The van der Waals surface area contributed by atoms with Gasteiger partial charge < -0.3 is 14.9 Å². The number of halogens is 1. The van der Waals surface area contributed by atoms with Gasteiger partial charge in [0, 0.05) is 29.1 Å². The van der Waals surface area contributed by atoms with Crippen LogP contribution in [0, 0.1) is 28.6 Å². The minimum atomic E-state index is -2.03. The van der Waals surface area contributed by atoms with Gasteiger partial charge in [-0.15, -0.1) is 0 Å². The second kappa shape index (κ2) is 8.37. The Balaban J connectivity index is 1.80. The van der Waals surface area contributed by atoms with Gasteiger partial charge in [0.2, 0.25) is 5.78 Å². The Hall–Kier alpha value is -1.86. The first-order valence-corrected chi connectivity index (χ1v) is 12.6. The third kappa shape index (κ3) is 3.08. The number of aliphatic hydroxyl groups excluding tert-OH is 2. The predicted molar refractivity (Wildman–Crippen MR) is 123 cm³/mol. The molecule has 0 amide bonds. The molecule has 0 spiro atoms. The van der Waals surface area contributed by atoms with Crippen molar-refractivity contribution in [3.63, 3.8) is 0 Å². The highest BCUT2D eigenvalue weighted by atomic mass is 19.1. The van der Waals surface area contributed by atoms with Crippen LogP contribution in [0.2, 0.25) is 0 Å². The fraction of sp³-hybridized carbons (Fsp3) is 0.741. The van der Waals surface area contributed by atoms with Gasteiger partial charge in [-0.3, -0.25) is 14.4 Å². The molecule has 2 N–H and O–H groups in total. The number of fused-ring (bicyclic) bond motifs is 5. The van der Waals surface area contributed by atoms with Crippen molar-refractivity contribution >= 4 is 17.5 Å². The average Bonchev–Trinajstić information content (AvgIpc) is 3.00. The van der Waals surface area contributed by atoms with Gasteiger partial charge in [-0.2, -0.15) is 0 Å². The highest BCUT2D eigenvalue weighted by Crippen LogP contribution is 2.71. The van der Waals surface area contributed by atoms with E-state index >= 15 is 4.39 Å². The summed E-state index contributed by atoms with van der Waals surface area (Å²) in [5.74, 6) is -2.62. The van der Waals surface area contributed by atoms with Crippen molar-refractivity contribution < 1.29 is 33.7 Å². The molecule has 188 valence electrons. The Morgan fingerprint density at radius 1 is 1.26 bits per heavy atom. The van der Waals surface area contributed by atoms with E-state index in [1.165, 1.54) is 12.2 Å². The van der Waals surface area contributed by atoms with Crippen LogP contribution in [0.3, 0.4) is 0 Å². The summed E-state index contributed by atoms with van der Waals surface area (Å²) < 4.78 is 23.3. The lowest BCUT2D eigenvalue weighted by atomic mass is 9.44. The van der Waals surface area contributed by atoms with Crippen molar-refractivity contribution in [1.82, 2.24) is 0 Å². The summed E-state index contributed by atoms with van der Waals surface area (Å²) in [6, 6.07) is 0. The normalized spacial score (nSPS) is 45.1. The van der Waals surface area contributed by atoms with Gasteiger partial charge in [0.15, 0.2) is 17.1 Å². The highest BCUT2D eigenvalue weighted by molar-refractivity contribution is 6.01. The van der Waals surface area contributed by atoms with Crippen molar-refractivity contribution in [1.29, 1.82) is 0 Å². The van der Waals surface area contributed by atoms with Crippen LogP contribution < -0.4 is 0 Å². The second-order valence-corrected chi connectivity index (χ2v) is 11.3. The molecular weight excluding hydrogens is 439 g/mol. The van der Waals surface area contributed by atoms with Gasteiger partial charge in [-0.1, -0.05) is 38.8 Å². The number of carbonyl (C=O) groups excluding carboxylic acids is 3. The van der Waals surface area contributed by atoms with Crippen molar-refractivity contribution in [2.75, 3.05) is 6.61 Å². The Kier molecular flexibility index (Phi) is 6.21. The quantitative estimate of drug-likeness (QED) is 0.568. The van der Waals surface area contributed by atoms with Crippen LogP contribution in [0.4, 0.5) is 4.39 Å². The number of rotatable bonds is 6. The first-order chi connectivity index (χ1) is 15.9. The number of allylic oxidation sites excluding steroid dienone is 4. The van der Waals surface area contributed by atoms with Gasteiger partial charge in [0.1, 0.15) is 6.61 Å². The number of hydrogen-bond acceptors (Lipinski definition) is 6. The van der Waals surface area contributed by atoms with Crippen LogP contribution in [-0.4, -0.2) is 51.7 Å². The topological polar surface area (TPSA) is 101 Å². The van der Waals surface area contributed by atoms with E-state index in [0.717, 1.165) is 6.42 Å². The van der Waals surface area contributed by atoms with Gasteiger partial charge in [-0.05, 0) is 57.1 Å². The number of ketones is 2. The van der Waals surface area contributed by atoms with Crippen molar-refractivity contribution in [3.05, 3.63) is 23.8 Å². The van der Waals surface area contributed by atoms with Gasteiger partial charge in [0.25, 0.3) is 0 Å². The molecule has 4 rings (SSSR count). The van der Waals surface area contributed by atoms with Crippen molar-refractivity contribution in [3.8, 4) is 0 Å². The molecule has 0 radical (unpaired) electrons. The van der Waals surface area contributed by atoms with E-state index in [9.17, 15) is 24.6 Å². The largest absolute Gasteiger partial charge is 0.450 e. The molecule has 4 aliphatic rings. The van der Waals surface area contributed by atoms with Gasteiger partial charge in [-0.25, -0.2) is 4.39 Å². The Morgan fingerprint density at radius 3 is 2.62 bits per heavy atom. The van der Waals surface area contributed by atoms with E-state index in [2.05, 4.69) is 0 Å². The van der Waals surface area contributed by atoms with E-state index in [4.69, 9.17) is 4.74 Å². The Morgan fingerprint density at radius 2 is 1.97 bits per heavy atom. The smallest absolute Gasteiger partial charge is 0.306 e. The number of alkyl halides is 1. The number of esters is 1. The first kappa shape index (κ1) is 25.2. The molecule has 0 bridgehead atoms. The lowest BCUT2D eigenvalue weighted by molar-refractivity contribution is -0.228. The number of Topliss-reactive ketones (excluding diaryl/α,β-unsaturated/α-hetero) is 1. The zero-order valence-electron chi connectivity index (χ0n) is 20.6. The molecule has 0 saturated heterocycles. The molecule has 0 aliphatic heterocycles. The number of aliphatic hydroxyl groups is 2. The van der Waals surface area contributed by atoms with Crippen LogP contribution in [0.1, 0.15) is 72.6 Å². The van der Waals surface area contributed by atoms with E-state index in [1.54, 1.807) is 13.0 Å². The van der Waals surface area contributed by atoms with Gasteiger partial charge in [0.05, 0.1) is 6.10 Å². The molecule has 0 heterocycles. The Labute approximate surface area is 200 Å². The average molecular weight is 477 g/mol. The lowest BCUT2D eigenvalue weighted by Crippen LogP contribution is -2.70. The maximum absolute atomic E-state index is 17.3. The third-order valence-electron chi connectivity index (χ3n) is 9.75.